The molecule has 2 aromatic carbocycles. The van der Waals surface area contributed by atoms with Crippen molar-refractivity contribution < 1.29 is 14.6 Å². The highest BCUT2D eigenvalue weighted by atomic mass is 16.6. The molecular formula is C22H28O3. The van der Waals surface area contributed by atoms with Gasteiger partial charge < -0.3 is 14.6 Å². The van der Waals surface area contributed by atoms with Crippen molar-refractivity contribution in [1.29, 1.82) is 0 Å². The molecule has 0 spiro atoms. The van der Waals surface area contributed by atoms with Crippen LogP contribution < -0.4 is 4.74 Å². The number of aliphatic hydroxyl groups is 1. The van der Waals surface area contributed by atoms with Gasteiger partial charge in [0.05, 0.1) is 18.8 Å². The number of aliphatic hydroxyl groups excluding tert-OH is 1. The van der Waals surface area contributed by atoms with E-state index in [1.807, 2.05) is 24.3 Å². The fourth-order valence-electron chi connectivity index (χ4n) is 3.08. The third kappa shape index (κ3) is 5.87. The minimum Gasteiger partial charge on any atom is -0.489 e. The largest absolute Gasteiger partial charge is 0.489 e. The summed E-state index contributed by atoms with van der Waals surface area (Å²) >= 11 is 0. The molecule has 1 fully saturated rings. The van der Waals surface area contributed by atoms with Crippen molar-refractivity contribution in [2.75, 3.05) is 6.61 Å². The van der Waals surface area contributed by atoms with Crippen LogP contribution in [0.15, 0.2) is 54.6 Å². The van der Waals surface area contributed by atoms with E-state index < -0.39 is 0 Å². The smallest absolute Gasteiger partial charge is 0.120 e. The molecule has 2 aromatic rings. The summed E-state index contributed by atoms with van der Waals surface area (Å²) in [5.74, 6) is 1.18. The molecule has 3 heteroatoms. The molecule has 0 aromatic heterocycles. The zero-order valence-electron chi connectivity index (χ0n) is 14.9. The zero-order valence-corrected chi connectivity index (χ0v) is 14.9. The fraction of sp³-hybridized carbons (Fsp3) is 0.455. The van der Waals surface area contributed by atoms with E-state index in [-0.39, 0.29) is 18.1 Å². The van der Waals surface area contributed by atoms with Crippen molar-refractivity contribution in [2.45, 2.75) is 51.4 Å². The summed E-state index contributed by atoms with van der Waals surface area (Å²) in [5, 5.41) is 10.1. The normalized spacial score (nSPS) is 18.6. The summed E-state index contributed by atoms with van der Waals surface area (Å²) in [5.41, 5.74) is 2.47. The molecule has 0 amide bonds. The maximum absolute atomic E-state index is 10.1. The number of benzene rings is 2. The van der Waals surface area contributed by atoms with Gasteiger partial charge in [0.1, 0.15) is 12.4 Å². The van der Waals surface area contributed by atoms with Crippen LogP contribution in [0.1, 0.15) is 37.3 Å². The van der Waals surface area contributed by atoms with Gasteiger partial charge in [-0.2, -0.15) is 0 Å². The Morgan fingerprint density at radius 1 is 1.08 bits per heavy atom. The van der Waals surface area contributed by atoms with Crippen molar-refractivity contribution in [1.82, 2.24) is 0 Å². The van der Waals surface area contributed by atoms with Crippen LogP contribution in [-0.4, -0.2) is 23.9 Å². The van der Waals surface area contributed by atoms with Gasteiger partial charge in [0.2, 0.25) is 0 Å². The molecule has 0 aliphatic carbocycles. The molecule has 1 saturated heterocycles. The highest BCUT2D eigenvalue weighted by Crippen LogP contribution is 2.25. The molecule has 0 radical (unpaired) electrons. The minimum absolute atomic E-state index is 0.243. The molecule has 1 aliphatic rings. The molecule has 3 nitrogen and oxygen atoms in total. The van der Waals surface area contributed by atoms with Gasteiger partial charge in [0, 0.05) is 5.92 Å². The first-order valence-electron chi connectivity index (χ1n) is 9.28. The number of epoxide rings is 1. The lowest BCUT2D eigenvalue weighted by atomic mass is 9.96. The van der Waals surface area contributed by atoms with Gasteiger partial charge in [0.15, 0.2) is 0 Å². The molecule has 1 N–H and O–H groups in total. The summed E-state index contributed by atoms with van der Waals surface area (Å²) in [6.07, 6.45) is 4.03. The summed E-state index contributed by atoms with van der Waals surface area (Å²) < 4.78 is 11.1. The van der Waals surface area contributed by atoms with Crippen LogP contribution in [0.5, 0.6) is 5.75 Å². The third-order valence-electron chi connectivity index (χ3n) is 4.91. The molecule has 0 saturated carbocycles. The summed E-state index contributed by atoms with van der Waals surface area (Å²) in [7, 11) is 0. The van der Waals surface area contributed by atoms with E-state index in [0.29, 0.717) is 6.61 Å². The van der Waals surface area contributed by atoms with Gasteiger partial charge >= 0.3 is 0 Å². The van der Waals surface area contributed by atoms with E-state index in [4.69, 9.17) is 9.47 Å². The topological polar surface area (TPSA) is 42.0 Å². The highest BCUT2D eigenvalue weighted by molar-refractivity contribution is 5.29. The number of unbranched alkanes of at least 4 members (excludes halogenated alkanes) is 1. The second-order valence-electron chi connectivity index (χ2n) is 6.97. The van der Waals surface area contributed by atoms with E-state index in [1.165, 1.54) is 11.1 Å². The maximum Gasteiger partial charge on any atom is 0.120 e. The van der Waals surface area contributed by atoms with Crippen LogP contribution in [0.4, 0.5) is 0 Å². The van der Waals surface area contributed by atoms with Crippen LogP contribution >= 0.6 is 0 Å². The first kappa shape index (κ1) is 18.0. The zero-order chi connectivity index (χ0) is 17.5. The first-order chi connectivity index (χ1) is 12.2. The van der Waals surface area contributed by atoms with Crippen LogP contribution in [0, 0.1) is 5.92 Å². The van der Waals surface area contributed by atoms with Gasteiger partial charge in [-0.05, 0) is 42.5 Å². The predicted molar refractivity (Wildman–Crippen MR) is 99.7 cm³/mol. The SMILES string of the molecule is C[C@H]([C@H](O)CCCCc1cccc(OCc2ccccc2)c1)[C@@H]1CO1. The van der Waals surface area contributed by atoms with E-state index in [0.717, 1.165) is 38.0 Å². The lowest BCUT2D eigenvalue weighted by Gasteiger charge is -2.16. The van der Waals surface area contributed by atoms with Gasteiger partial charge in [-0.15, -0.1) is 0 Å². The Kier molecular flexibility index (Phi) is 6.48. The van der Waals surface area contributed by atoms with Gasteiger partial charge in [-0.1, -0.05) is 55.8 Å². The number of aryl methyl sites for hydroxylation is 1. The Balaban J connectivity index is 1.39. The van der Waals surface area contributed by atoms with E-state index >= 15 is 0 Å². The molecule has 134 valence electrons. The predicted octanol–water partition coefficient (Wildman–Crippen LogP) is 4.37. The molecule has 25 heavy (non-hydrogen) atoms. The molecule has 1 aliphatic heterocycles. The van der Waals surface area contributed by atoms with E-state index in [2.05, 4.69) is 37.3 Å². The Morgan fingerprint density at radius 2 is 1.84 bits per heavy atom. The lowest BCUT2D eigenvalue weighted by molar-refractivity contribution is 0.0884. The molecule has 0 bridgehead atoms. The monoisotopic (exact) mass is 340 g/mol. The molecule has 0 unspecified atom stereocenters. The Morgan fingerprint density at radius 3 is 2.60 bits per heavy atom. The quantitative estimate of drug-likeness (QED) is 0.516. The second kappa shape index (κ2) is 9.02. The average Bonchev–Trinajstić information content (AvgIpc) is 3.49. The highest BCUT2D eigenvalue weighted by Gasteiger charge is 2.33. The summed E-state index contributed by atoms with van der Waals surface area (Å²) in [6.45, 7) is 3.49. The van der Waals surface area contributed by atoms with Crippen molar-refractivity contribution in [3.63, 3.8) is 0 Å². The fourth-order valence-corrected chi connectivity index (χ4v) is 3.08. The van der Waals surface area contributed by atoms with Gasteiger partial charge in [-0.3, -0.25) is 0 Å². The minimum atomic E-state index is -0.243. The van der Waals surface area contributed by atoms with Crippen molar-refractivity contribution in [2.24, 2.45) is 5.92 Å². The van der Waals surface area contributed by atoms with Crippen molar-refractivity contribution in [3.8, 4) is 5.75 Å². The summed E-state index contributed by atoms with van der Waals surface area (Å²) in [4.78, 5) is 0. The Bertz CT molecular complexity index is 637. The van der Waals surface area contributed by atoms with Gasteiger partial charge in [-0.25, -0.2) is 0 Å². The lowest BCUT2D eigenvalue weighted by Crippen LogP contribution is -2.22. The van der Waals surface area contributed by atoms with Crippen LogP contribution in [-0.2, 0) is 17.8 Å². The standard InChI is InChI=1S/C22H28O3/c1-17(22-16-25-22)21(23)13-6-5-8-18-11-7-12-20(14-18)24-15-19-9-3-2-4-10-19/h2-4,7,9-12,14,17,21-23H,5-6,8,13,15-16H2,1H3/t17-,21-,22+/m1/s1. The van der Waals surface area contributed by atoms with Crippen LogP contribution in [0.25, 0.3) is 0 Å². The van der Waals surface area contributed by atoms with Crippen LogP contribution in [0.2, 0.25) is 0 Å². The Hall–Kier alpha value is -1.84. The van der Waals surface area contributed by atoms with Crippen molar-refractivity contribution >= 4 is 0 Å². The molecular weight excluding hydrogens is 312 g/mol. The maximum atomic E-state index is 10.1. The Labute approximate surface area is 150 Å². The van der Waals surface area contributed by atoms with E-state index in [9.17, 15) is 5.11 Å². The number of ether oxygens (including phenoxy) is 2. The average molecular weight is 340 g/mol. The summed E-state index contributed by atoms with van der Waals surface area (Å²) in [6, 6.07) is 18.5. The van der Waals surface area contributed by atoms with E-state index in [1.54, 1.807) is 0 Å². The van der Waals surface area contributed by atoms with Gasteiger partial charge in [0.25, 0.3) is 0 Å². The molecule has 3 atom stereocenters. The van der Waals surface area contributed by atoms with Crippen molar-refractivity contribution in [3.05, 3.63) is 65.7 Å². The number of hydrogen-bond acceptors (Lipinski definition) is 3. The molecule has 3 rings (SSSR count). The second-order valence-corrected chi connectivity index (χ2v) is 6.97. The number of hydrogen-bond donors (Lipinski definition) is 1. The first-order valence-corrected chi connectivity index (χ1v) is 9.28. The van der Waals surface area contributed by atoms with Crippen LogP contribution in [0.3, 0.4) is 0 Å². The third-order valence-corrected chi connectivity index (χ3v) is 4.91. The molecule has 1 heterocycles. The number of rotatable bonds is 10.